The van der Waals surface area contributed by atoms with Gasteiger partial charge >= 0.3 is 0 Å². The third kappa shape index (κ3) is 3.23. The number of halogens is 1. The standard InChI is InChI=1S/C20H23ClN2/c21-15-7-4-6-14(12-15)19-13-20(17-10-5-11-18(17)23-19)22-16-8-2-1-3-9-16/h4,6-7,12-13,16H,1-3,5,8-11H2,(H,22,23). The summed E-state index contributed by atoms with van der Waals surface area (Å²) in [7, 11) is 0. The van der Waals surface area contributed by atoms with Gasteiger partial charge < -0.3 is 5.32 Å². The zero-order valence-electron chi connectivity index (χ0n) is 13.4. The molecule has 2 aliphatic rings. The molecule has 0 amide bonds. The first kappa shape index (κ1) is 15.0. The van der Waals surface area contributed by atoms with Crippen molar-refractivity contribution in [2.75, 3.05) is 5.32 Å². The largest absolute Gasteiger partial charge is 0.382 e. The first-order valence-electron chi connectivity index (χ1n) is 8.85. The van der Waals surface area contributed by atoms with Crippen molar-refractivity contribution in [1.82, 2.24) is 4.98 Å². The number of pyridine rings is 1. The third-order valence-corrected chi connectivity index (χ3v) is 5.37. The topological polar surface area (TPSA) is 24.9 Å². The minimum Gasteiger partial charge on any atom is -0.382 e. The van der Waals surface area contributed by atoms with E-state index in [0.717, 1.165) is 29.1 Å². The first-order valence-corrected chi connectivity index (χ1v) is 9.23. The van der Waals surface area contributed by atoms with Crippen molar-refractivity contribution in [3.05, 3.63) is 46.6 Å². The number of anilines is 1. The Bertz CT molecular complexity index is 705. The maximum absolute atomic E-state index is 6.16. The van der Waals surface area contributed by atoms with Gasteiger partial charge in [-0.25, -0.2) is 0 Å². The summed E-state index contributed by atoms with van der Waals surface area (Å²) in [5.74, 6) is 0. The van der Waals surface area contributed by atoms with Crippen LogP contribution >= 0.6 is 11.6 Å². The number of nitrogens with one attached hydrogen (secondary N) is 1. The van der Waals surface area contributed by atoms with E-state index in [-0.39, 0.29) is 0 Å². The van der Waals surface area contributed by atoms with Gasteiger partial charge in [0.15, 0.2) is 0 Å². The van der Waals surface area contributed by atoms with E-state index in [1.807, 2.05) is 18.2 Å². The maximum Gasteiger partial charge on any atom is 0.0726 e. The van der Waals surface area contributed by atoms with Gasteiger partial charge in [0, 0.05) is 28.0 Å². The molecule has 1 aromatic heterocycles. The summed E-state index contributed by atoms with van der Waals surface area (Å²) in [5.41, 5.74) is 6.20. The zero-order chi connectivity index (χ0) is 15.6. The van der Waals surface area contributed by atoms with Gasteiger partial charge in [0.05, 0.1) is 5.69 Å². The molecule has 0 radical (unpaired) electrons. The van der Waals surface area contributed by atoms with E-state index < -0.39 is 0 Å². The molecule has 3 heteroatoms. The molecule has 0 saturated heterocycles. The van der Waals surface area contributed by atoms with Crippen LogP contribution in [0.25, 0.3) is 11.3 Å². The number of benzene rings is 1. The smallest absolute Gasteiger partial charge is 0.0726 e. The van der Waals surface area contributed by atoms with Gasteiger partial charge in [-0.1, -0.05) is 43.0 Å². The molecular formula is C20H23ClN2. The van der Waals surface area contributed by atoms with E-state index in [1.54, 1.807) is 0 Å². The summed E-state index contributed by atoms with van der Waals surface area (Å²) in [5, 5.41) is 4.60. The van der Waals surface area contributed by atoms with Crippen LogP contribution in [0.5, 0.6) is 0 Å². The molecule has 2 aromatic rings. The molecule has 0 bridgehead atoms. The van der Waals surface area contributed by atoms with Gasteiger partial charge in [0.25, 0.3) is 0 Å². The molecule has 0 unspecified atom stereocenters. The average molecular weight is 327 g/mol. The van der Waals surface area contributed by atoms with Crippen LogP contribution in [0.2, 0.25) is 5.02 Å². The lowest BCUT2D eigenvalue weighted by molar-refractivity contribution is 0.462. The number of fused-ring (bicyclic) bond motifs is 1. The SMILES string of the molecule is Clc1cccc(-c2cc(NC3CCCCC3)c3c(n2)CCC3)c1. The van der Waals surface area contributed by atoms with Crippen molar-refractivity contribution in [3.63, 3.8) is 0 Å². The Morgan fingerprint density at radius 3 is 2.70 bits per heavy atom. The number of aromatic nitrogens is 1. The summed E-state index contributed by atoms with van der Waals surface area (Å²) in [6.45, 7) is 0. The fourth-order valence-corrected chi connectivity index (χ4v) is 4.12. The Hall–Kier alpha value is -1.54. The minimum atomic E-state index is 0.628. The fraction of sp³-hybridized carbons (Fsp3) is 0.450. The Morgan fingerprint density at radius 2 is 1.87 bits per heavy atom. The van der Waals surface area contributed by atoms with Crippen LogP contribution in [-0.4, -0.2) is 11.0 Å². The van der Waals surface area contributed by atoms with Gasteiger partial charge in [-0.15, -0.1) is 0 Å². The Kier molecular flexibility index (Phi) is 4.26. The molecular weight excluding hydrogens is 304 g/mol. The number of hydrogen-bond acceptors (Lipinski definition) is 2. The van der Waals surface area contributed by atoms with Crippen LogP contribution < -0.4 is 5.32 Å². The van der Waals surface area contributed by atoms with Gasteiger partial charge in [-0.3, -0.25) is 4.98 Å². The van der Waals surface area contributed by atoms with Crippen molar-refractivity contribution in [2.45, 2.75) is 57.4 Å². The zero-order valence-corrected chi connectivity index (χ0v) is 14.2. The second kappa shape index (κ2) is 6.52. The second-order valence-corrected chi connectivity index (χ2v) is 7.26. The number of nitrogens with zero attached hydrogens (tertiary/aromatic N) is 1. The van der Waals surface area contributed by atoms with Crippen molar-refractivity contribution in [2.24, 2.45) is 0 Å². The van der Waals surface area contributed by atoms with E-state index in [9.17, 15) is 0 Å². The molecule has 1 saturated carbocycles. The highest BCUT2D eigenvalue weighted by Gasteiger charge is 2.21. The van der Waals surface area contributed by atoms with E-state index in [2.05, 4.69) is 17.4 Å². The Balaban J connectivity index is 1.70. The van der Waals surface area contributed by atoms with Crippen molar-refractivity contribution >= 4 is 17.3 Å². The molecule has 0 atom stereocenters. The van der Waals surface area contributed by atoms with Gasteiger partial charge in [-0.05, 0) is 55.9 Å². The van der Waals surface area contributed by atoms with Crippen molar-refractivity contribution in [3.8, 4) is 11.3 Å². The average Bonchev–Trinajstić information content (AvgIpc) is 3.05. The van der Waals surface area contributed by atoms with E-state index in [4.69, 9.17) is 16.6 Å². The molecule has 1 fully saturated rings. The molecule has 120 valence electrons. The van der Waals surface area contributed by atoms with Crippen LogP contribution in [-0.2, 0) is 12.8 Å². The van der Waals surface area contributed by atoms with Crippen LogP contribution in [0.3, 0.4) is 0 Å². The van der Waals surface area contributed by atoms with E-state index >= 15 is 0 Å². The molecule has 1 aromatic carbocycles. The number of hydrogen-bond donors (Lipinski definition) is 1. The highest BCUT2D eigenvalue weighted by molar-refractivity contribution is 6.30. The molecule has 2 aliphatic carbocycles. The van der Waals surface area contributed by atoms with Crippen LogP contribution in [0.1, 0.15) is 49.8 Å². The molecule has 0 aliphatic heterocycles. The van der Waals surface area contributed by atoms with E-state index in [1.165, 1.54) is 55.5 Å². The highest BCUT2D eigenvalue weighted by Crippen LogP contribution is 2.34. The first-order chi connectivity index (χ1) is 11.3. The summed E-state index contributed by atoms with van der Waals surface area (Å²) in [4.78, 5) is 4.92. The molecule has 0 spiro atoms. The van der Waals surface area contributed by atoms with Crippen LogP contribution in [0, 0.1) is 0 Å². The molecule has 1 heterocycles. The monoisotopic (exact) mass is 326 g/mol. The van der Waals surface area contributed by atoms with E-state index in [0.29, 0.717) is 6.04 Å². The normalized spacial score (nSPS) is 18.0. The van der Waals surface area contributed by atoms with Crippen LogP contribution in [0.4, 0.5) is 5.69 Å². The molecule has 4 rings (SSSR count). The fourth-order valence-electron chi connectivity index (χ4n) is 3.93. The summed E-state index contributed by atoms with van der Waals surface area (Å²) >= 11 is 6.16. The van der Waals surface area contributed by atoms with Crippen LogP contribution in [0.15, 0.2) is 30.3 Å². The summed E-state index contributed by atoms with van der Waals surface area (Å²) in [6, 6.07) is 10.9. The summed E-state index contributed by atoms with van der Waals surface area (Å²) in [6.07, 6.45) is 10.2. The third-order valence-electron chi connectivity index (χ3n) is 5.14. The molecule has 1 N–H and O–H groups in total. The Morgan fingerprint density at radius 1 is 1.00 bits per heavy atom. The lowest BCUT2D eigenvalue weighted by Crippen LogP contribution is -2.23. The predicted octanol–water partition coefficient (Wildman–Crippen LogP) is 5.64. The molecule has 2 nitrogen and oxygen atoms in total. The highest BCUT2D eigenvalue weighted by atomic mass is 35.5. The van der Waals surface area contributed by atoms with Gasteiger partial charge in [0.1, 0.15) is 0 Å². The van der Waals surface area contributed by atoms with Gasteiger partial charge in [0.2, 0.25) is 0 Å². The summed E-state index contributed by atoms with van der Waals surface area (Å²) < 4.78 is 0. The minimum absolute atomic E-state index is 0.628. The van der Waals surface area contributed by atoms with Crippen molar-refractivity contribution < 1.29 is 0 Å². The quantitative estimate of drug-likeness (QED) is 0.790. The van der Waals surface area contributed by atoms with Gasteiger partial charge in [-0.2, -0.15) is 0 Å². The van der Waals surface area contributed by atoms with Crippen molar-refractivity contribution in [1.29, 1.82) is 0 Å². The second-order valence-electron chi connectivity index (χ2n) is 6.82. The number of rotatable bonds is 3. The lowest BCUT2D eigenvalue weighted by Gasteiger charge is -2.25. The number of aryl methyl sites for hydroxylation is 1. The Labute approximate surface area is 143 Å². The molecule has 23 heavy (non-hydrogen) atoms. The predicted molar refractivity (Wildman–Crippen MR) is 97.2 cm³/mol. The maximum atomic E-state index is 6.16. The lowest BCUT2D eigenvalue weighted by atomic mass is 9.95.